The van der Waals surface area contributed by atoms with Crippen LogP contribution in [-0.2, 0) is 4.74 Å². The molecule has 0 saturated carbocycles. The Hall–Kier alpha value is -2.47. The van der Waals surface area contributed by atoms with Gasteiger partial charge in [-0.05, 0) is 32.8 Å². The minimum Gasteiger partial charge on any atom is -0.469 e. The topological polar surface area (TPSA) is 70.3 Å². The Kier molecular flexibility index (Phi) is 4.99. The molecule has 6 heteroatoms. The summed E-state index contributed by atoms with van der Waals surface area (Å²) in [5, 5.41) is 4.25. The number of aryl methyl sites for hydroxylation is 3. The standard InChI is InChI=1S/C19H23N3O3/c1-6-14(10-23-5)24-19-18-17(20-13(4)21-19)16(22-25-18)15-8-7-11(2)9-12(15)3/h7-9,14H,6,10H2,1-5H3. The summed E-state index contributed by atoms with van der Waals surface area (Å²) >= 11 is 0. The van der Waals surface area contributed by atoms with E-state index in [0.717, 1.165) is 17.5 Å². The molecular formula is C19H23N3O3. The quantitative estimate of drug-likeness (QED) is 0.674. The lowest BCUT2D eigenvalue weighted by atomic mass is 10.0. The summed E-state index contributed by atoms with van der Waals surface area (Å²) in [5.74, 6) is 1.03. The van der Waals surface area contributed by atoms with Crippen LogP contribution in [0.1, 0.15) is 30.3 Å². The predicted molar refractivity (Wildman–Crippen MR) is 95.8 cm³/mol. The van der Waals surface area contributed by atoms with Gasteiger partial charge in [0.15, 0.2) is 0 Å². The van der Waals surface area contributed by atoms with Gasteiger partial charge in [0, 0.05) is 12.7 Å². The molecule has 0 bridgehead atoms. The minimum atomic E-state index is -0.0999. The van der Waals surface area contributed by atoms with Crippen molar-refractivity contribution in [3.05, 3.63) is 35.2 Å². The molecule has 2 aromatic heterocycles. The van der Waals surface area contributed by atoms with Crippen molar-refractivity contribution in [3.63, 3.8) is 0 Å². The van der Waals surface area contributed by atoms with Crippen LogP contribution < -0.4 is 4.74 Å². The highest BCUT2D eigenvalue weighted by atomic mass is 16.5. The second-order valence-corrected chi connectivity index (χ2v) is 6.21. The van der Waals surface area contributed by atoms with Crippen molar-refractivity contribution in [2.45, 2.75) is 40.2 Å². The lowest BCUT2D eigenvalue weighted by molar-refractivity contribution is 0.0756. The van der Waals surface area contributed by atoms with Gasteiger partial charge in [-0.3, -0.25) is 0 Å². The van der Waals surface area contributed by atoms with Gasteiger partial charge in [0.05, 0.1) is 6.61 Å². The number of nitrogens with zero attached hydrogens (tertiary/aromatic N) is 3. The number of fused-ring (bicyclic) bond motifs is 1. The molecule has 1 unspecified atom stereocenters. The first-order valence-electron chi connectivity index (χ1n) is 8.40. The monoisotopic (exact) mass is 341 g/mol. The van der Waals surface area contributed by atoms with E-state index in [4.69, 9.17) is 14.0 Å². The smallest absolute Gasteiger partial charge is 0.265 e. The molecule has 0 aliphatic rings. The Labute approximate surface area is 147 Å². The van der Waals surface area contributed by atoms with Gasteiger partial charge in [-0.15, -0.1) is 0 Å². The van der Waals surface area contributed by atoms with Crippen LogP contribution in [0.5, 0.6) is 5.88 Å². The Balaban J connectivity index is 2.09. The van der Waals surface area contributed by atoms with E-state index in [1.807, 2.05) is 19.9 Å². The van der Waals surface area contributed by atoms with Gasteiger partial charge in [0.1, 0.15) is 23.1 Å². The van der Waals surface area contributed by atoms with Crippen LogP contribution in [0.4, 0.5) is 0 Å². The number of ether oxygens (including phenoxy) is 2. The zero-order valence-electron chi connectivity index (χ0n) is 15.3. The van der Waals surface area contributed by atoms with E-state index >= 15 is 0 Å². The molecule has 25 heavy (non-hydrogen) atoms. The van der Waals surface area contributed by atoms with Gasteiger partial charge in [0.25, 0.3) is 5.88 Å². The molecule has 0 aliphatic heterocycles. The zero-order valence-corrected chi connectivity index (χ0v) is 15.3. The second kappa shape index (κ2) is 7.19. The Morgan fingerprint density at radius 1 is 1.16 bits per heavy atom. The summed E-state index contributed by atoms with van der Waals surface area (Å²) in [6.07, 6.45) is 0.702. The van der Waals surface area contributed by atoms with E-state index in [1.165, 1.54) is 5.56 Å². The SMILES string of the molecule is CCC(COC)Oc1nc(C)nc2c(-c3ccc(C)cc3C)noc12. The molecule has 0 spiro atoms. The molecule has 1 aromatic carbocycles. The van der Waals surface area contributed by atoms with Crippen LogP contribution in [0.15, 0.2) is 22.7 Å². The summed E-state index contributed by atoms with van der Waals surface area (Å²) in [7, 11) is 1.65. The van der Waals surface area contributed by atoms with E-state index in [1.54, 1.807) is 7.11 Å². The minimum absolute atomic E-state index is 0.0999. The van der Waals surface area contributed by atoms with Gasteiger partial charge in [-0.2, -0.15) is 4.98 Å². The number of aromatic nitrogens is 3. The number of rotatable bonds is 6. The number of hydrogen-bond acceptors (Lipinski definition) is 6. The molecule has 3 aromatic rings. The fraction of sp³-hybridized carbons (Fsp3) is 0.421. The largest absolute Gasteiger partial charge is 0.469 e. The third-order valence-electron chi connectivity index (χ3n) is 4.12. The first-order chi connectivity index (χ1) is 12.0. The van der Waals surface area contributed by atoms with E-state index in [2.05, 4.69) is 41.1 Å². The molecule has 0 N–H and O–H groups in total. The van der Waals surface area contributed by atoms with Crippen LogP contribution in [0.2, 0.25) is 0 Å². The van der Waals surface area contributed by atoms with Crippen molar-refractivity contribution < 1.29 is 14.0 Å². The number of benzene rings is 1. The Bertz CT molecular complexity index is 889. The fourth-order valence-corrected chi connectivity index (χ4v) is 2.83. The highest BCUT2D eigenvalue weighted by Crippen LogP contribution is 2.33. The Morgan fingerprint density at radius 2 is 1.96 bits per heavy atom. The first-order valence-corrected chi connectivity index (χ1v) is 8.40. The molecule has 1 atom stereocenters. The number of methoxy groups -OCH3 is 1. The van der Waals surface area contributed by atoms with Crippen molar-refractivity contribution in [3.8, 4) is 17.1 Å². The van der Waals surface area contributed by atoms with Crippen molar-refractivity contribution in [1.82, 2.24) is 15.1 Å². The summed E-state index contributed by atoms with van der Waals surface area (Å²) in [5.41, 5.74) is 5.17. The van der Waals surface area contributed by atoms with Crippen LogP contribution in [-0.4, -0.2) is 34.9 Å². The van der Waals surface area contributed by atoms with Crippen molar-refractivity contribution in [2.24, 2.45) is 0 Å². The Morgan fingerprint density at radius 3 is 2.64 bits per heavy atom. The van der Waals surface area contributed by atoms with Gasteiger partial charge in [-0.25, -0.2) is 4.98 Å². The molecular weight excluding hydrogens is 318 g/mol. The molecule has 0 fully saturated rings. The summed E-state index contributed by atoms with van der Waals surface area (Å²) in [6, 6.07) is 6.21. The van der Waals surface area contributed by atoms with Crippen molar-refractivity contribution in [1.29, 1.82) is 0 Å². The molecule has 0 saturated heterocycles. The molecule has 132 valence electrons. The van der Waals surface area contributed by atoms with E-state index in [-0.39, 0.29) is 6.10 Å². The molecule has 0 amide bonds. The fourth-order valence-electron chi connectivity index (χ4n) is 2.83. The first kappa shape index (κ1) is 17.4. The van der Waals surface area contributed by atoms with E-state index in [0.29, 0.717) is 35.1 Å². The second-order valence-electron chi connectivity index (χ2n) is 6.21. The molecule has 6 nitrogen and oxygen atoms in total. The van der Waals surface area contributed by atoms with Gasteiger partial charge >= 0.3 is 0 Å². The zero-order chi connectivity index (χ0) is 18.0. The highest BCUT2D eigenvalue weighted by molar-refractivity contribution is 5.91. The molecule has 3 rings (SSSR count). The van der Waals surface area contributed by atoms with Crippen LogP contribution in [0.25, 0.3) is 22.4 Å². The molecule has 2 heterocycles. The molecule has 0 aliphatic carbocycles. The van der Waals surface area contributed by atoms with Crippen LogP contribution in [0.3, 0.4) is 0 Å². The number of hydrogen-bond donors (Lipinski definition) is 0. The third-order valence-corrected chi connectivity index (χ3v) is 4.12. The van der Waals surface area contributed by atoms with Gasteiger partial charge in [0.2, 0.25) is 5.58 Å². The maximum absolute atomic E-state index is 5.99. The average molecular weight is 341 g/mol. The maximum Gasteiger partial charge on any atom is 0.265 e. The summed E-state index contributed by atoms with van der Waals surface area (Å²) in [6.45, 7) is 8.48. The normalized spacial score (nSPS) is 12.5. The predicted octanol–water partition coefficient (Wildman–Crippen LogP) is 4.01. The van der Waals surface area contributed by atoms with Gasteiger partial charge in [-0.1, -0.05) is 35.8 Å². The van der Waals surface area contributed by atoms with Crippen molar-refractivity contribution in [2.75, 3.05) is 13.7 Å². The van der Waals surface area contributed by atoms with E-state index in [9.17, 15) is 0 Å². The third kappa shape index (κ3) is 3.49. The maximum atomic E-state index is 5.99. The van der Waals surface area contributed by atoms with Crippen molar-refractivity contribution >= 4 is 11.1 Å². The summed E-state index contributed by atoms with van der Waals surface area (Å²) < 4.78 is 16.7. The lowest BCUT2D eigenvalue weighted by Crippen LogP contribution is -2.22. The summed E-state index contributed by atoms with van der Waals surface area (Å²) in [4.78, 5) is 8.93. The molecule has 0 radical (unpaired) electrons. The highest BCUT2D eigenvalue weighted by Gasteiger charge is 2.21. The van der Waals surface area contributed by atoms with Crippen LogP contribution in [0, 0.1) is 20.8 Å². The average Bonchev–Trinajstić information content (AvgIpc) is 2.98. The lowest BCUT2D eigenvalue weighted by Gasteiger charge is -2.15. The van der Waals surface area contributed by atoms with E-state index < -0.39 is 0 Å². The van der Waals surface area contributed by atoms with Gasteiger partial charge < -0.3 is 14.0 Å². The van der Waals surface area contributed by atoms with Crippen LogP contribution >= 0.6 is 0 Å².